The topological polar surface area (TPSA) is 36.9 Å². The Bertz CT molecular complexity index is 618. The lowest BCUT2D eigenvalue weighted by molar-refractivity contribution is 0.277. The summed E-state index contributed by atoms with van der Waals surface area (Å²) in [5.74, 6) is 0. The van der Waals surface area contributed by atoms with Crippen LogP contribution in [0.3, 0.4) is 0 Å². The van der Waals surface area contributed by atoms with Gasteiger partial charge in [-0.2, -0.15) is 0 Å². The Morgan fingerprint density at radius 3 is 0.388 bits per heavy atom. The van der Waals surface area contributed by atoms with E-state index in [1.165, 1.54) is 5.56 Å². The van der Waals surface area contributed by atoms with Crippen molar-refractivity contribution in [1.82, 2.24) is 0 Å². The quantitative estimate of drug-likeness (QED) is 0.173. The Morgan fingerprint density at radius 1 is 0.245 bits per heavy atom. The van der Waals surface area contributed by atoms with E-state index in [1.54, 1.807) is 56.9 Å². The molecule has 0 fully saturated rings. The molecule has 0 amide bonds. The molecule has 0 saturated carbocycles. The molecule has 0 aliphatic rings. The lowest BCUT2D eigenvalue weighted by atomic mass is 10.2. The summed E-state index contributed by atoms with van der Waals surface area (Å²) in [5.41, 5.74) is 1.32. The fourth-order valence-electron chi connectivity index (χ4n) is 1.69. The van der Waals surface area contributed by atoms with Gasteiger partial charge < -0.3 is 18.9 Å². The highest BCUT2D eigenvalue weighted by Gasteiger charge is 1.72. The summed E-state index contributed by atoms with van der Waals surface area (Å²) >= 11 is 0. The van der Waals surface area contributed by atoms with Gasteiger partial charge in [0, 0.05) is 73.7 Å². The normalized spacial score (nSPS) is 6.27. The van der Waals surface area contributed by atoms with Gasteiger partial charge in [0.25, 0.3) is 0 Å². The van der Waals surface area contributed by atoms with Crippen LogP contribution >= 0.6 is 0 Å². The lowest BCUT2D eigenvalue weighted by Gasteiger charge is -1.82. The first-order chi connectivity index (χ1) is 23.1. The van der Waals surface area contributed by atoms with Gasteiger partial charge in [0.05, 0.1) is 0 Å². The highest BCUT2D eigenvalue weighted by Crippen LogP contribution is 1.92. The monoisotopic (exact) mass is 683 g/mol. The molecule has 0 saturated heterocycles. The summed E-state index contributed by atoms with van der Waals surface area (Å²) in [6.07, 6.45) is 0. The van der Waals surface area contributed by atoms with Crippen LogP contribution in [0.25, 0.3) is 0 Å². The van der Waals surface area contributed by atoms with Crippen molar-refractivity contribution >= 4 is 16.8 Å². The van der Waals surface area contributed by atoms with E-state index in [1.807, 2.05) is 197 Å². The van der Waals surface area contributed by atoms with Crippen molar-refractivity contribution < 1.29 is 18.9 Å². The molecule has 4 aromatic carbocycles. The first kappa shape index (κ1) is 75.9. The van der Waals surface area contributed by atoms with Gasteiger partial charge in [-0.15, -0.1) is 0 Å². The zero-order valence-corrected chi connectivity index (χ0v) is 35.6. The minimum Gasteiger partial charge on any atom is -0.388 e. The minimum absolute atomic E-state index is 0. The summed E-state index contributed by atoms with van der Waals surface area (Å²) < 4.78 is 17.0. The maximum Gasteiger partial charge on any atom is 0.0351 e. The molecule has 4 nitrogen and oxygen atoms in total. The molecule has 0 unspecified atom stereocenters. The zero-order chi connectivity index (χ0) is 38.7. The molecule has 4 aromatic rings. The molecule has 0 atom stereocenters. The van der Waals surface area contributed by atoms with Crippen molar-refractivity contribution in [3.8, 4) is 0 Å². The van der Waals surface area contributed by atoms with Gasteiger partial charge in [-0.1, -0.05) is 214 Å². The predicted octanol–water partition coefficient (Wildman–Crippen LogP) is 12.5. The number of aryl methyl sites for hydroxylation is 1. The van der Waals surface area contributed by atoms with Crippen LogP contribution in [-0.2, 0) is 18.9 Å². The van der Waals surface area contributed by atoms with Gasteiger partial charge in [-0.25, -0.2) is 0 Å². The molecule has 0 aliphatic heterocycles. The van der Waals surface area contributed by atoms with Gasteiger partial charge in [0.1, 0.15) is 0 Å². The molecular weight excluding hydrogens is 602 g/mol. The number of ether oxygens (including phenoxy) is 4. The number of benzene rings is 4. The predicted molar refractivity (Wildman–Crippen MR) is 230 cm³/mol. The molecule has 49 heavy (non-hydrogen) atoms. The Kier molecular flexibility index (Phi) is 185. The van der Waals surface area contributed by atoms with Gasteiger partial charge >= 0.3 is 0 Å². The van der Waals surface area contributed by atoms with Gasteiger partial charge in [0.15, 0.2) is 0 Å². The second-order valence-electron chi connectivity index (χ2n) is 6.75. The fourth-order valence-corrected chi connectivity index (χ4v) is 1.69. The van der Waals surface area contributed by atoms with E-state index >= 15 is 0 Å². The van der Waals surface area contributed by atoms with Crippen LogP contribution in [0.2, 0.25) is 0 Å². The van der Waals surface area contributed by atoms with Gasteiger partial charge in [-0.05, 0) is 6.92 Å². The fraction of sp³-hybridized carbons (Fsp3) is 0.442. The second kappa shape index (κ2) is 120. The van der Waals surface area contributed by atoms with E-state index in [4.69, 9.17) is 0 Å². The third kappa shape index (κ3) is 158. The van der Waals surface area contributed by atoms with Crippen molar-refractivity contribution in [2.24, 2.45) is 0 Å². The summed E-state index contributed by atoms with van der Waals surface area (Å²) in [4.78, 5) is 0. The summed E-state index contributed by atoms with van der Waals surface area (Å²) in [5, 5.41) is 0. The van der Waals surface area contributed by atoms with Crippen molar-refractivity contribution in [1.29, 1.82) is 0 Å². The van der Waals surface area contributed by atoms with Crippen LogP contribution in [0, 0.1) is 6.92 Å². The summed E-state index contributed by atoms with van der Waals surface area (Å²) in [6.45, 7) is 22.1. The SMILES string of the molecule is CC.CC.CC.CC.CC.COC.COC.COC.COC.Cc1ccccc1.[B].[B].c1ccccc1.c1ccccc1.c1ccccc1. The van der Waals surface area contributed by atoms with E-state index in [-0.39, 0.29) is 16.8 Å². The number of methoxy groups -OCH3 is 4. The first-order valence-corrected chi connectivity index (χ1v) is 16.7. The van der Waals surface area contributed by atoms with Crippen molar-refractivity contribution in [3.05, 3.63) is 145 Å². The third-order valence-electron chi connectivity index (χ3n) is 2.94. The average molecular weight is 683 g/mol. The molecule has 6 radical (unpaired) electrons. The molecule has 6 heteroatoms. The highest BCUT2D eigenvalue weighted by molar-refractivity contribution is 5.76. The lowest BCUT2D eigenvalue weighted by Crippen LogP contribution is -1.62. The van der Waals surface area contributed by atoms with Gasteiger partial charge in [-0.3, -0.25) is 0 Å². The highest BCUT2D eigenvalue weighted by atomic mass is 16.5. The van der Waals surface area contributed by atoms with E-state index in [0.29, 0.717) is 0 Å². The van der Waals surface area contributed by atoms with Gasteiger partial charge in [0.2, 0.25) is 0 Å². The van der Waals surface area contributed by atoms with Crippen molar-refractivity contribution in [3.63, 3.8) is 0 Å². The molecule has 282 valence electrons. The molecule has 4 rings (SSSR count). The third-order valence-corrected chi connectivity index (χ3v) is 2.94. The summed E-state index contributed by atoms with van der Waals surface area (Å²) in [6, 6.07) is 46.3. The Labute approximate surface area is 313 Å². The first-order valence-electron chi connectivity index (χ1n) is 16.7. The van der Waals surface area contributed by atoms with Crippen LogP contribution in [-0.4, -0.2) is 73.7 Å². The number of hydrogen-bond donors (Lipinski definition) is 0. The second-order valence-corrected chi connectivity index (χ2v) is 6.75. The maximum atomic E-state index is 4.25. The van der Waals surface area contributed by atoms with Crippen LogP contribution in [0.5, 0.6) is 0 Å². The molecular formula is C43H80B2O4. The van der Waals surface area contributed by atoms with Crippen LogP contribution in [0.15, 0.2) is 140 Å². The molecule has 0 bridgehead atoms. The van der Waals surface area contributed by atoms with Crippen LogP contribution in [0.1, 0.15) is 74.8 Å². The van der Waals surface area contributed by atoms with Crippen molar-refractivity contribution in [2.45, 2.75) is 76.2 Å². The van der Waals surface area contributed by atoms with E-state index < -0.39 is 0 Å². The van der Waals surface area contributed by atoms with Crippen LogP contribution < -0.4 is 0 Å². The molecule has 0 N–H and O–H groups in total. The zero-order valence-electron chi connectivity index (χ0n) is 35.6. The van der Waals surface area contributed by atoms with E-state index in [2.05, 4.69) is 38.0 Å². The van der Waals surface area contributed by atoms with Crippen LogP contribution in [0.4, 0.5) is 0 Å². The average Bonchev–Trinajstić information content (AvgIpc) is 3.17. The Balaban J connectivity index is -0.0000000365. The number of rotatable bonds is 0. The minimum atomic E-state index is 0. The van der Waals surface area contributed by atoms with Crippen molar-refractivity contribution in [2.75, 3.05) is 56.9 Å². The molecule has 0 aliphatic carbocycles. The Morgan fingerprint density at radius 2 is 0.327 bits per heavy atom. The maximum absolute atomic E-state index is 4.25. The summed E-state index contributed by atoms with van der Waals surface area (Å²) in [7, 11) is 13.0. The Hall–Kier alpha value is -3.15. The van der Waals surface area contributed by atoms with E-state index in [9.17, 15) is 0 Å². The largest absolute Gasteiger partial charge is 0.388 e. The number of hydrogen-bond acceptors (Lipinski definition) is 4. The molecule has 0 spiro atoms. The van der Waals surface area contributed by atoms with E-state index in [0.717, 1.165) is 0 Å². The molecule has 0 heterocycles. The standard InChI is InChI=1S/C7H8.3C6H6.4C2H6O.5C2H6.2B/c1-7-5-3-2-4-6-7;3*1-2-4-6-5-3-1;4*1-3-2;5*1-2;;/h2-6H,1H3;3*1-6H;4*1-2H3;5*1-2H3;;. The molecule has 0 aromatic heterocycles. The smallest absolute Gasteiger partial charge is 0.0351 e.